The van der Waals surface area contributed by atoms with E-state index >= 15 is 0 Å². The van der Waals surface area contributed by atoms with E-state index in [2.05, 4.69) is 25.3 Å². The van der Waals surface area contributed by atoms with Gasteiger partial charge in [0.1, 0.15) is 17.5 Å². The molecule has 5 rings (SSSR count). The van der Waals surface area contributed by atoms with E-state index in [9.17, 15) is 4.79 Å². The number of hydrogen-bond donors (Lipinski definition) is 0. The van der Waals surface area contributed by atoms with E-state index < -0.39 is 0 Å². The van der Waals surface area contributed by atoms with Crippen LogP contribution in [0.1, 0.15) is 41.0 Å². The van der Waals surface area contributed by atoms with Crippen molar-refractivity contribution in [2.75, 3.05) is 13.7 Å². The summed E-state index contributed by atoms with van der Waals surface area (Å²) in [6.07, 6.45) is 4.67. The predicted octanol–water partition coefficient (Wildman–Crippen LogP) is 3.01. The number of carbonyl (C=O) groups excluding carboxylic acids is 1. The first-order valence-corrected chi connectivity index (χ1v) is 10.3. The number of ether oxygens (including phenoxy) is 1. The third kappa shape index (κ3) is 3.49. The Morgan fingerprint density at radius 1 is 1.12 bits per heavy atom. The number of benzene rings is 1. The smallest absolute Gasteiger partial charge is 0.275 e. The summed E-state index contributed by atoms with van der Waals surface area (Å²) in [7, 11) is 1.60. The maximum atomic E-state index is 13.6. The van der Waals surface area contributed by atoms with Crippen LogP contribution in [-0.2, 0) is 0 Å². The summed E-state index contributed by atoms with van der Waals surface area (Å²) in [4.78, 5) is 25.8. The fourth-order valence-electron chi connectivity index (χ4n) is 3.92. The number of carbonyl (C=O) groups is 1. The third-order valence-corrected chi connectivity index (χ3v) is 5.44. The second-order valence-corrected chi connectivity index (χ2v) is 7.45. The van der Waals surface area contributed by atoms with Crippen LogP contribution < -0.4 is 4.74 Å². The zero-order valence-electron chi connectivity index (χ0n) is 17.7. The summed E-state index contributed by atoms with van der Waals surface area (Å²) in [6.45, 7) is 2.41. The molecule has 4 heterocycles. The van der Waals surface area contributed by atoms with Gasteiger partial charge in [0.15, 0.2) is 5.69 Å². The molecule has 1 saturated heterocycles. The molecule has 10 heteroatoms. The maximum absolute atomic E-state index is 13.6. The van der Waals surface area contributed by atoms with Crippen LogP contribution in [0.5, 0.6) is 5.75 Å². The van der Waals surface area contributed by atoms with Gasteiger partial charge in [-0.1, -0.05) is 17.3 Å². The fraction of sp³-hybridized carbons (Fsp3) is 0.273. The lowest BCUT2D eigenvalue weighted by molar-refractivity contribution is 0.0703. The van der Waals surface area contributed by atoms with Gasteiger partial charge in [0.2, 0.25) is 11.7 Å². The first-order chi connectivity index (χ1) is 15.7. The average Bonchev–Trinajstić information content (AvgIpc) is 3.59. The second kappa shape index (κ2) is 8.22. The number of aromatic nitrogens is 6. The van der Waals surface area contributed by atoms with Gasteiger partial charge < -0.3 is 14.2 Å². The van der Waals surface area contributed by atoms with Crippen LogP contribution in [0.15, 0.2) is 53.3 Å². The van der Waals surface area contributed by atoms with E-state index in [0.717, 1.165) is 24.1 Å². The normalized spacial score (nSPS) is 15.8. The topological polar surface area (TPSA) is 112 Å². The van der Waals surface area contributed by atoms with Gasteiger partial charge in [0.25, 0.3) is 5.91 Å². The van der Waals surface area contributed by atoms with Gasteiger partial charge in [0.05, 0.1) is 25.1 Å². The number of hydrogen-bond acceptors (Lipinski definition) is 8. The molecule has 10 nitrogen and oxygen atoms in total. The van der Waals surface area contributed by atoms with E-state index in [1.165, 1.54) is 4.80 Å². The van der Waals surface area contributed by atoms with E-state index in [-0.39, 0.29) is 17.6 Å². The quantitative estimate of drug-likeness (QED) is 0.474. The Balaban J connectivity index is 1.47. The van der Waals surface area contributed by atoms with Gasteiger partial charge in [-0.3, -0.25) is 4.79 Å². The fourth-order valence-corrected chi connectivity index (χ4v) is 3.92. The van der Waals surface area contributed by atoms with Crippen LogP contribution in [0.25, 0.3) is 17.1 Å². The van der Waals surface area contributed by atoms with Gasteiger partial charge in [-0.15, -0.1) is 4.80 Å². The number of para-hydroxylation sites is 1. The van der Waals surface area contributed by atoms with Crippen molar-refractivity contribution in [1.82, 2.24) is 35.0 Å². The minimum Gasteiger partial charge on any atom is -0.496 e. The van der Waals surface area contributed by atoms with E-state index in [1.54, 1.807) is 30.5 Å². The number of aryl methyl sites for hydroxylation is 1. The molecule has 0 radical (unpaired) electrons. The number of amides is 1. The van der Waals surface area contributed by atoms with E-state index in [4.69, 9.17) is 9.26 Å². The van der Waals surface area contributed by atoms with E-state index in [1.807, 2.05) is 37.3 Å². The SMILES string of the molecule is COc1ccccc1-c1noc([C@@H]2CCCN2C(=O)c2nc(C)ccc2-n2nccn2)n1. The minimum atomic E-state index is -0.334. The molecular weight excluding hydrogens is 410 g/mol. The molecular formula is C22H21N7O3. The number of rotatable bonds is 5. The molecule has 1 aromatic carbocycles. The summed E-state index contributed by atoms with van der Waals surface area (Å²) < 4.78 is 11.0. The highest BCUT2D eigenvalue weighted by molar-refractivity contribution is 5.96. The van der Waals surface area contributed by atoms with Gasteiger partial charge in [-0.2, -0.15) is 15.2 Å². The van der Waals surface area contributed by atoms with Crippen LogP contribution in [0.2, 0.25) is 0 Å². The molecule has 0 bridgehead atoms. The average molecular weight is 431 g/mol. The Hall–Kier alpha value is -4.08. The lowest BCUT2D eigenvalue weighted by atomic mass is 10.2. The number of likely N-dealkylation sites (tertiary alicyclic amines) is 1. The van der Waals surface area contributed by atoms with Gasteiger partial charge >= 0.3 is 0 Å². The molecule has 0 unspecified atom stereocenters. The Kier molecular flexibility index (Phi) is 5.10. The molecule has 1 aliphatic rings. The molecule has 32 heavy (non-hydrogen) atoms. The first-order valence-electron chi connectivity index (χ1n) is 10.3. The molecule has 0 aliphatic carbocycles. The number of pyridine rings is 1. The van der Waals surface area contributed by atoms with Crippen LogP contribution in [-0.4, -0.2) is 54.6 Å². The highest BCUT2D eigenvalue weighted by atomic mass is 16.5. The Morgan fingerprint density at radius 3 is 2.75 bits per heavy atom. The van der Waals surface area contributed by atoms with E-state index in [0.29, 0.717) is 29.7 Å². The Bertz CT molecular complexity index is 1250. The predicted molar refractivity (Wildman–Crippen MR) is 113 cm³/mol. The van der Waals surface area contributed by atoms with Crippen molar-refractivity contribution in [3.63, 3.8) is 0 Å². The van der Waals surface area contributed by atoms with Gasteiger partial charge in [-0.05, 0) is 44.0 Å². The molecule has 1 amide bonds. The monoisotopic (exact) mass is 431 g/mol. The van der Waals surface area contributed by atoms with Crippen molar-refractivity contribution < 1.29 is 14.1 Å². The third-order valence-electron chi connectivity index (χ3n) is 5.44. The van der Waals surface area contributed by atoms with Gasteiger partial charge in [-0.25, -0.2) is 4.98 Å². The van der Waals surface area contributed by atoms with Crippen molar-refractivity contribution in [3.8, 4) is 22.8 Å². The zero-order valence-corrected chi connectivity index (χ0v) is 17.7. The zero-order chi connectivity index (χ0) is 22.1. The molecule has 0 N–H and O–H groups in total. The molecule has 1 fully saturated rings. The first kappa shape index (κ1) is 19.9. The standard InChI is InChI=1S/C22H21N7O3/c1-14-9-10-16(29-23-11-12-24-29)19(25-14)22(30)28-13-5-7-17(28)21-26-20(27-32-21)15-6-3-4-8-18(15)31-2/h3-4,6,8-12,17H,5,7,13H2,1-2H3/t17-/m0/s1. The molecule has 0 saturated carbocycles. The summed E-state index contributed by atoms with van der Waals surface area (Å²) in [5.41, 5.74) is 2.28. The van der Waals surface area contributed by atoms with Crippen molar-refractivity contribution in [2.45, 2.75) is 25.8 Å². The molecule has 162 valence electrons. The molecule has 1 aliphatic heterocycles. The van der Waals surface area contributed by atoms with Crippen LogP contribution >= 0.6 is 0 Å². The van der Waals surface area contributed by atoms with Crippen molar-refractivity contribution in [2.24, 2.45) is 0 Å². The van der Waals surface area contributed by atoms with Crippen molar-refractivity contribution in [1.29, 1.82) is 0 Å². The molecule has 3 aromatic heterocycles. The largest absolute Gasteiger partial charge is 0.496 e. The lowest BCUT2D eigenvalue weighted by Crippen LogP contribution is -2.32. The van der Waals surface area contributed by atoms with Gasteiger partial charge in [0, 0.05) is 12.2 Å². The minimum absolute atomic E-state index is 0.222. The van der Waals surface area contributed by atoms with Crippen LogP contribution in [0.3, 0.4) is 0 Å². The van der Waals surface area contributed by atoms with Crippen molar-refractivity contribution >= 4 is 5.91 Å². The molecule has 1 atom stereocenters. The van der Waals surface area contributed by atoms with Crippen LogP contribution in [0.4, 0.5) is 0 Å². The highest BCUT2D eigenvalue weighted by Crippen LogP contribution is 2.35. The summed E-state index contributed by atoms with van der Waals surface area (Å²) in [6, 6.07) is 10.8. The number of nitrogens with zero attached hydrogens (tertiary/aromatic N) is 7. The lowest BCUT2D eigenvalue weighted by Gasteiger charge is -2.22. The Labute approximate surface area is 183 Å². The van der Waals surface area contributed by atoms with Crippen LogP contribution in [0, 0.1) is 6.92 Å². The maximum Gasteiger partial charge on any atom is 0.275 e. The number of methoxy groups -OCH3 is 1. The molecule has 0 spiro atoms. The van der Waals surface area contributed by atoms with Crippen molar-refractivity contribution in [3.05, 3.63) is 66.1 Å². The summed E-state index contributed by atoms with van der Waals surface area (Å²) >= 11 is 0. The second-order valence-electron chi connectivity index (χ2n) is 7.45. The summed E-state index contributed by atoms with van der Waals surface area (Å²) in [5.74, 6) is 1.25. The highest BCUT2D eigenvalue weighted by Gasteiger charge is 2.36. The Morgan fingerprint density at radius 2 is 1.94 bits per heavy atom. The molecule has 4 aromatic rings. The summed E-state index contributed by atoms with van der Waals surface area (Å²) in [5, 5.41) is 12.5.